The van der Waals surface area contributed by atoms with E-state index in [1.54, 1.807) is 54.5 Å². The smallest absolute Gasteiger partial charge is 0.290 e. The number of hydrogen-bond acceptors (Lipinski definition) is 6. The number of furan rings is 1. The Labute approximate surface area is 202 Å². The lowest BCUT2D eigenvalue weighted by Gasteiger charge is -2.35. The number of ketones is 1. The molecule has 35 heavy (non-hydrogen) atoms. The van der Waals surface area contributed by atoms with Gasteiger partial charge < -0.3 is 24.1 Å². The average molecular weight is 475 g/mol. The first-order chi connectivity index (χ1) is 17.0. The van der Waals surface area contributed by atoms with E-state index < -0.39 is 28.9 Å². The lowest BCUT2D eigenvalue weighted by molar-refractivity contribution is -0.140. The van der Waals surface area contributed by atoms with Crippen LogP contribution in [-0.2, 0) is 19.9 Å². The predicted octanol–water partition coefficient (Wildman–Crippen LogP) is 3.96. The highest BCUT2D eigenvalue weighted by Crippen LogP contribution is 2.53. The van der Waals surface area contributed by atoms with E-state index in [9.17, 15) is 19.5 Å². The molecule has 0 bridgehead atoms. The van der Waals surface area contributed by atoms with Crippen molar-refractivity contribution < 1.29 is 28.6 Å². The molecule has 0 saturated heterocycles. The maximum Gasteiger partial charge on any atom is 0.290 e. The summed E-state index contributed by atoms with van der Waals surface area (Å²) in [6, 6.07) is 15.8. The number of nitrogens with zero attached hydrogens (tertiary/aromatic N) is 2. The zero-order valence-electron chi connectivity index (χ0n) is 19.6. The van der Waals surface area contributed by atoms with E-state index >= 15 is 0 Å². The number of rotatable bonds is 8. The van der Waals surface area contributed by atoms with Crippen molar-refractivity contribution in [2.75, 3.05) is 31.7 Å². The number of carbonyl (C=O) groups excluding carboxylic acids is 3. The second-order valence-corrected chi connectivity index (χ2v) is 8.69. The summed E-state index contributed by atoms with van der Waals surface area (Å²) >= 11 is 0. The zero-order valence-corrected chi connectivity index (χ0v) is 19.6. The van der Waals surface area contributed by atoms with Crippen LogP contribution in [0.5, 0.6) is 0 Å². The van der Waals surface area contributed by atoms with Crippen LogP contribution in [0, 0.1) is 0 Å². The molecule has 3 heterocycles. The fraction of sp³-hybridized carbons (Fsp3) is 0.296. The minimum Gasteiger partial charge on any atom is -0.503 e. The molecule has 8 nitrogen and oxygen atoms in total. The minimum atomic E-state index is -1.78. The normalized spacial score (nSPS) is 19.5. The van der Waals surface area contributed by atoms with Crippen LogP contribution in [-0.4, -0.2) is 54.4 Å². The first-order valence-electron chi connectivity index (χ1n) is 11.7. The number of hydrogen-bond donors (Lipinski definition) is 1. The van der Waals surface area contributed by atoms with Crippen LogP contribution in [0.25, 0.3) is 11.0 Å². The summed E-state index contributed by atoms with van der Waals surface area (Å²) in [6.07, 6.45) is 1.10. The Morgan fingerprint density at radius 1 is 1.09 bits per heavy atom. The van der Waals surface area contributed by atoms with Crippen LogP contribution < -0.4 is 4.90 Å². The Morgan fingerprint density at radius 3 is 2.57 bits per heavy atom. The maximum atomic E-state index is 14.2. The number of methoxy groups -OCH3 is 1. The molecule has 2 aliphatic rings. The number of aliphatic hydroxyl groups is 1. The van der Waals surface area contributed by atoms with Gasteiger partial charge in [-0.05, 0) is 31.0 Å². The number of anilines is 1. The van der Waals surface area contributed by atoms with Gasteiger partial charge in [0.1, 0.15) is 5.58 Å². The quantitative estimate of drug-likeness (QED) is 0.392. The number of aliphatic hydroxyl groups excluding tert-OH is 1. The summed E-state index contributed by atoms with van der Waals surface area (Å²) in [7, 11) is 1.55. The Balaban J connectivity index is 1.73. The molecule has 1 unspecified atom stereocenters. The molecule has 0 radical (unpaired) electrons. The molecule has 0 aliphatic carbocycles. The van der Waals surface area contributed by atoms with Gasteiger partial charge >= 0.3 is 0 Å². The SMILES string of the molecule is CCCN1C(=O)C2(C(C(=O)c3cc4ccccc4o3)=C(O)C(=O)N2CCCOC)c2ccccc21. The molecule has 1 N–H and O–H groups in total. The molecule has 1 aromatic heterocycles. The van der Waals surface area contributed by atoms with Crippen molar-refractivity contribution in [3.05, 3.63) is 77.3 Å². The molecular formula is C27H26N2O6. The van der Waals surface area contributed by atoms with E-state index in [1.165, 1.54) is 4.90 Å². The summed E-state index contributed by atoms with van der Waals surface area (Å²) in [5.74, 6) is -2.66. The largest absolute Gasteiger partial charge is 0.503 e. The lowest BCUT2D eigenvalue weighted by atomic mass is 9.81. The second kappa shape index (κ2) is 8.70. The van der Waals surface area contributed by atoms with Crippen molar-refractivity contribution in [2.45, 2.75) is 25.3 Å². The van der Waals surface area contributed by atoms with Gasteiger partial charge in [-0.1, -0.05) is 43.3 Å². The van der Waals surface area contributed by atoms with E-state index in [2.05, 4.69) is 0 Å². The zero-order chi connectivity index (χ0) is 24.7. The number of amides is 2. The predicted molar refractivity (Wildman–Crippen MR) is 129 cm³/mol. The van der Waals surface area contributed by atoms with Crippen molar-refractivity contribution in [3.63, 3.8) is 0 Å². The van der Waals surface area contributed by atoms with E-state index in [0.717, 1.165) is 0 Å². The Kier molecular flexibility index (Phi) is 5.68. The maximum absolute atomic E-state index is 14.2. The average Bonchev–Trinajstić information content (AvgIpc) is 3.47. The molecule has 3 aromatic rings. The van der Waals surface area contributed by atoms with Crippen LogP contribution >= 0.6 is 0 Å². The number of ether oxygens (including phenoxy) is 1. The summed E-state index contributed by atoms with van der Waals surface area (Å²) in [5, 5.41) is 11.8. The third-order valence-corrected chi connectivity index (χ3v) is 6.64. The fourth-order valence-electron chi connectivity index (χ4n) is 5.20. The summed E-state index contributed by atoms with van der Waals surface area (Å²) < 4.78 is 10.9. The molecule has 1 spiro atoms. The van der Waals surface area contributed by atoms with Crippen LogP contribution in [0.15, 0.2) is 70.3 Å². The van der Waals surface area contributed by atoms with E-state index in [0.29, 0.717) is 48.2 Å². The van der Waals surface area contributed by atoms with E-state index in [4.69, 9.17) is 9.15 Å². The van der Waals surface area contributed by atoms with Crippen LogP contribution in [0.4, 0.5) is 5.69 Å². The highest BCUT2D eigenvalue weighted by molar-refractivity contribution is 6.26. The van der Waals surface area contributed by atoms with Crippen molar-refractivity contribution in [1.29, 1.82) is 0 Å². The summed E-state index contributed by atoms with van der Waals surface area (Å²) in [4.78, 5) is 44.5. The van der Waals surface area contributed by atoms with Crippen molar-refractivity contribution in [1.82, 2.24) is 4.90 Å². The molecule has 2 aliphatic heterocycles. The standard InChI is InChI=1S/C27H26N2O6/c1-3-13-28-19-11-6-5-10-18(19)27(26(28)33)22(24(31)25(32)29(27)14-8-15-34-2)23(30)21-16-17-9-4-7-12-20(17)35-21/h4-7,9-12,16,31H,3,8,13-15H2,1-2H3. The van der Waals surface area contributed by atoms with Gasteiger partial charge in [0.05, 0.1) is 11.3 Å². The molecular weight excluding hydrogens is 448 g/mol. The molecule has 1 atom stereocenters. The van der Waals surface area contributed by atoms with Crippen LogP contribution in [0.2, 0.25) is 0 Å². The topological polar surface area (TPSA) is 100 Å². The van der Waals surface area contributed by atoms with Gasteiger partial charge in [0.15, 0.2) is 17.1 Å². The van der Waals surface area contributed by atoms with Crippen molar-refractivity contribution in [3.8, 4) is 0 Å². The summed E-state index contributed by atoms with van der Waals surface area (Å²) in [6.45, 7) is 2.82. The van der Waals surface area contributed by atoms with Gasteiger partial charge in [0.2, 0.25) is 5.78 Å². The van der Waals surface area contributed by atoms with Crippen molar-refractivity contribution in [2.24, 2.45) is 0 Å². The van der Waals surface area contributed by atoms with Gasteiger partial charge in [-0.3, -0.25) is 14.4 Å². The second-order valence-electron chi connectivity index (χ2n) is 8.69. The number of fused-ring (bicyclic) bond motifs is 3. The highest BCUT2D eigenvalue weighted by Gasteiger charge is 2.65. The Bertz CT molecular complexity index is 1340. The van der Waals surface area contributed by atoms with Gasteiger partial charge in [-0.2, -0.15) is 0 Å². The third-order valence-electron chi connectivity index (χ3n) is 6.64. The Morgan fingerprint density at radius 2 is 1.83 bits per heavy atom. The van der Waals surface area contributed by atoms with Gasteiger partial charge in [0, 0.05) is 37.8 Å². The van der Waals surface area contributed by atoms with Crippen molar-refractivity contribution >= 4 is 34.3 Å². The number of Topliss-reactive ketones (excluding diaryl/α,β-unsaturated/α-hetero) is 1. The molecule has 8 heteroatoms. The minimum absolute atomic E-state index is 0.0436. The number of para-hydroxylation sites is 2. The van der Waals surface area contributed by atoms with Gasteiger partial charge in [0.25, 0.3) is 11.8 Å². The first-order valence-corrected chi connectivity index (χ1v) is 11.7. The van der Waals surface area contributed by atoms with E-state index in [1.807, 2.05) is 19.1 Å². The van der Waals surface area contributed by atoms with Gasteiger partial charge in [-0.15, -0.1) is 0 Å². The number of benzene rings is 2. The summed E-state index contributed by atoms with van der Waals surface area (Å²) in [5.41, 5.74) is -0.440. The monoisotopic (exact) mass is 474 g/mol. The van der Waals surface area contributed by atoms with Gasteiger partial charge in [-0.25, -0.2) is 0 Å². The molecule has 2 aromatic carbocycles. The third kappa shape index (κ3) is 3.20. The Hall–Kier alpha value is -3.91. The van der Waals surface area contributed by atoms with Crippen LogP contribution in [0.3, 0.4) is 0 Å². The van der Waals surface area contributed by atoms with Crippen LogP contribution in [0.1, 0.15) is 35.9 Å². The molecule has 180 valence electrons. The van der Waals surface area contributed by atoms with E-state index in [-0.39, 0.29) is 17.9 Å². The molecule has 2 amide bonds. The number of carbonyl (C=O) groups is 3. The molecule has 0 saturated carbocycles. The molecule has 0 fully saturated rings. The highest BCUT2D eigenvalue weighted by atomic mass is 16.5. The lowest BCUT2D eigenvalue weighted by Crippen LogP contribution is -2.54. The molecule has 5 rings (SSSR count). The fourth-order valence-corrected chi connectivity index (χ4v) is 5.20. The first kappa shape index (κ1) is 22.9.